The molecule has 3 aromatic heterocycles. The molecule has 410 valence electrons. The molecule has 18 heteroatoms. The summed E-state index contributed by atoms with van der Waals surface area (Å²) in [5.41, 5.74) is 9.80. The first kappa shape index (κ1) is 56.8. The SMILES string of the molecule is Cc1ccc(NC(=O)c2ccc(CN3CCN(C(=O)CCCCCCCCC(=O)NC(C(=O)N4CC(O)CC4C(=O)NCc4ccc(-c5scnc5C)cc4)C(C)(C)C)CC3)cc2)cc1Nc1nccc(-c2cccnc2)n1. The number of likely N-dealkylation sites (tertiary alicyclic amines) is 1. The number of hydrogen-bond donors (Lipinski definition) is 5. The molecule has 2 fully saturated rings. The van der Waals surface area contributed by atoms with Crippen molar-refractivity contribution < 1.29 is 29.1 Å². The predicted molar refractivity (Wildman–Crippen MR) is 305 cm³/mol. The standard InChI is InChI=1S/C60H73N11O6S/c1-40-16-25-47(33-50(40)67-59-62-28-26-49(66-59)46-13-12-27-61-36-46)65-56(75)45-23-19-43(20-24-45)37-69-29-31-70(32-30-69)53(74)15-11-9-7-6-8-10-14-52(73)68-55(60(3,4)5)58(77)71-38-48(72)34-51(71)57(76)63-35-42-17-21-44(22-18-42)54-41(2)64-39-78-54/h12-13,16-28,33,36,39,48,51,55,72H,6-11,14-15,29-32,34-35,37-38H2,1-5H3,(H,63,76)(H,65,75)(H,68,73)(H,62,66,67). The van der Waals surface area contributed by atoms with E-state index in [1.807, 2.05) is 130 Å². The minimum atomic E-state index is -0.871. The molecule has 0 aliphatic carbocycles. The maximum atomic E-state index is 14.1. The van der Waals surface area contributed by atoms with Crippen molar-refractivity contribution in [2.75, 3.05) is 43.4 Å². The zero-order chi connectivity index (χ0) is 55.2. The molecule has 0 spiro atoms. The minimum Gasteiger partial charge on any atom is -0.391 e. The summed E-state index contributed by atoms with van der Waals surface area (Å²) >= 11 is 1.58. The van der Waals surface area contributed by atoms with Gasteiger partial charge in [-0.3, -0.25) is 33.9 Å². The van der Waals surface area contributed by atoms with E-state index in [4.69, 9.17) is 0 Å². The number of anilines is 3. The van der Waals surface area contributed by atoms with Crippen LogP contribution in [0.2, 0.25) is 0 Å². The van der Waals surface area contributed by atoms with Gasteiger partial charge in [0.15, 0.2) is 0 Å². The van der Waals surface area contributed by atoms with Crippen LogP contribution in [-0.4, -0.2) is 120 Å². The number of aliphatic hydroxyl groups excluding tert-OH is 1. The van der Waals surface area contributed by atoms with Crippen molar-refractivity contribution in [3.8, 4) is 21.7 Å². The fraction of sp³-hybridized carbons (Fsp3) is 0.417. The Morgan fingerprint density at radius 2 is 1.51 bits per heavy atom. The van der Waals surface area contributed by atoms with Crippen molar-refractivity contribution in [3.05, 3.63) is 137 Å². The van der Waals surface area contributed by atoms with E-state index in [2.05, 4.69) is 46.1 Å². The molecular weight excluding hydrogens is 1000 g/mol. The summed E-state index contributed by atoms with van der Waals surface area (Å²) in [5.74, 6) is -0.523. The average molecular weight is 1080 g/mol. The smallest absolute Gasteiger partial charge is 0.255 e. The normalized spacial score (nSPS) is 16.1. The van der Waals surface area contributed by atoms with E-state index in [0.29, 0.717) is 43.1 Å². The molecule has 0 radical (unpaired) electrons. The number of rotatable bonds is 22. The number of unbranched alkanes of at least 4 members (excludes halogenated alkanes) is 5. The Morgan fingerprint density at radius 3 is 2.21 bits per heavy atom. The number of nitrogens with one attached hydrogen (secondary N) is 4. The molecule has 2 aliphatic rings. The van der Waals surface area contributed by atoms with E-state index in [1.54, 1.807) is 29.9 Å². The molecule has 3 atom stereocenters. The van der Waals surface area contributed by atoms with Crippen LogP contribution in [0.5, 0.6) is 0 Å². The van der Waals surface area contributed by atoms with E-state index < -0.39 is 23.6 Å². The highest BCUT2D eigenvalue weighted by molar-refractivity contribution is 7.13. The van der Waals surface area contributed by atoms with Crippen LogP contribution in [0.3, 0.4) is 0 Å². The van der Waals surface area contributed by atoms with Gasteiger partial charge in [-0.1, -0.05) is 88.9 Å². The van der Waals surface area contributed by atoms with Crippen molar-refractivity contribution in [3.63, 3.8) is 0 Å². The molecule has 3 unspecified atom stereocenters. The largest absolute Gasteiger partial charge is 0.391 e. The van der Waals surface area contributed by atoms with Crippen molar-refractivity contribution in [1.29, 1.82) is 0 Å². The van der Waals surface area contributed by atoms with E-state index in [9.17, 15) is 29.1 Å². The van der Waals surface area contributed by atoms with E-state index in [0.717, 1.165) is 102 Å². The lowest BCUT2D eigenvalue weighted by molar-refractivity contribution is -0.144. The maximum absolute atomic E-state index is 14.1. The quantitative estimate of drug-likeness (QED) is 0.0403. The van der Waals surface area contributed by atoms with Gasteiger partial charge in [-0.25, -0.2) is 15.0 Å². The molecule has 2 saturated heterocycles. The lowest BCUT2D eigenvalue weighted by Gasteiger charge is -2.35. The highest BCUT2D eigenvalue weighted by Crippen LogP contribution is 2.30. The number of hydrogen-bond acceptors (Lipinski definition) is 13. The number of carbonyl (C=O) groups excluding carboxylic acids is 5. The number of pyridine rings is 1. The summed E-state index contributed by atoms with van der Waals surface area (Å²) in [7, 11) is 0. The average Bonchev–Trinajstić information content (AvgIpc) is 4.07. The highest BCUT2D eigenvalue weighted by atomic mass is 32.1. The Hall–Kier alpha value is -7.41. The van der Waals surface area contributed by atoms with Crippen LogP contribution in [0, 0.1) is 19.3 Å². The summed E-state index contributed by atoms with van der Waals surface area (Å²) < 4.78 is 0. The van der Waals surface area contributed by atoms with Crippen LogP contribution >= 0.6 is 11.3 Å². The fourth-order valence-electron chi connectivity index (χ4n) is 9.87. The van der Waals surface area contributed by atoms with Gasteiger partial charge in [0, 0.05) is 106 Å². The summed E-state index contributed by atoms with van der Waals surface area (Å²) in [6.07, 6.45) is 10.4. The highest BCUT2D eigenvalue weighted by Gasteiger charge is 2.44. The number of aromatic nitrogens is 4. The van der Waals surface area contributed by atoms with Crippen molar-refractivity contribution in [2.24, 2.45) is 5.41 Å². The lowest BCUT2D eigenvalue weighted by atomic mass is 9.85. The Balaban J connectivity index is 0.686. The summed E-state index contributed by atoms with van der Waals surface area (Å²) in [5, 5.41) is 22.8. The molecule has 0 saturated carbocycles. The fourth-order valence-corrected chi connectivity index (χ4v) is 10.7. The zero-order valence-corrected chi connectivity index (χ0v) is 46.3. The molecule has 5 N–H and O–H groups in total. The van der Waals surface area contributed by atoms with Crippen molar-refractivity contribution in [2.45, 2.75) is 124 Å². The van der Waals surface area contributed by atoms with Crippen molar-refractivity contribution >= 4 is 58.2 Å². The third-order valence-corrected chi connectivity index (χ3v) is 15.4. The van der Waals surface area contributed by atoms with Crippen molar-refractivity contribution in [1.82, 2.24) is 45.3 Å². The molecule has 5 heterocycles. The van der Waals surface area contributed by atoms with E-state index in [-0.39, 0.29) is 55.5 Å². The molecule has 3 aromatic carbocycles. The molecule has 0 bridgehead atoms. The number of piperazine rings is 1. The Morgan fingerprint density at radius 1 is 0.795 bits per heavy atom. The monoisotopic (exact) mass is 1080 g/mol. The lowest BCUT2D eigenvalue weighted by Crippen LogP contribution is -2.57. The van der Waals surface area contributed by atoms with Gasteiger partial charge >= 0.3 is 0 Å². The molecule has 2 aliphatic heterocycles. The van der Waals surface area contributed by atoms with E-state index >= 15 is 0 Å². The second kappa shape index (κ2) is 26.8. The van der Waals surface area contributed by atoms with Gasteiger partial charge in [0.1, 0.15) is 12.1 Å². The Kier molecular flexibility index (Phi) is 19.5. The second-order valence-corrected chi connectivity index (χ2v) is 22.4. The number of thiazole rings is 1. The van der Waals surface area contributed by atoms with Gasteiger partial charge in [-0.15, -0.1) is 11.3 Å². The number of amides is 5. The maximum Gasteiger partial charge on any atom is 0.255 e. The topological polar surface area (TPSA) is 215 Å². The van der Waals surface area contributed by atoms with Gasteiger partial charge in [0.2, 0.25) is 29.6 Å². The summed E-state index contributed by atoms with van der Waals surface area (Å²) in [4.78, 5) is 91.6. The van der Waals surface area contributed by atoms with Crippen LogP contribution in [0.4, 0.5) is 17.3 Å². The third kappa shape index (κ3) is 15.6. The van der Waals surface area contributed by atoms with Crippen LogP contribution in [-0.2, 0) is 32.3 Å². The van der Waals surface area contributed by atoms with E-state index in [1.165, 1.54) is 4.90 Å². The first-order valence-corrected chi connectivity index (χ1v) is 28.0. The molecule has 5 amide bonds. The number of β-amino-alcohol motifs (C(OH)–C–C–N with tert-alkyl or cyclic N) is 1. The first-order valence-electron chi connectivity index (χ1n) is 27.1. The third-order valence-electron chi connectivity index (χ3n) is 14.5. The minimum absolute atomic E-state index is 0.0205. The van der Waals surface area contributed by atoms with Gasteiger partial charge in [0.05, 0.1) is 27.9 Å². The molecular formula is C60H73N11O6S. The van der Waals surface area contributed by atoms with Gasteiger partial charge < -0.3 is 36.2 Å². The number of aryl methyl sites for hydroxylation is 2. The number of aliphatic hydroxyl groups is 1. The molecule has 8 rings (SSSR count). The molecule has 6 aromatic rings. The number of nitrogens with zero attached hydrogens (tertiary/aromatic N) is 7. The molecule has 78 heavy (non-hydrogen) atoms. The predicted octanol–water partition coefficient (Wildman–Crippen LogP) is 8.85. The van der Waals surface area contributed by atoms with Crippen LogP contribution < -0.4 is 21.3 Å². The Labute approximate surface area is 461 Å². The van der Waals surface area contributed by atoms with Crippen LogP contribution in [0.1, 0.15) is 111 Å². The zero-order valence-electron chi connectivity index (χ0n) is 45.5. The second-order valence-electron chi connectivity index (χ2n) is 21.5. The first-order chi connectivity index (χ1) is 37.6. The molecule has 17 nitrogen and oxygen atoms in total. The van der Waals surface area contributed by atoms with Gasteiger partial charge in [0.25, 0.3) is 5.91 Å². The summed E-state index contributed by atoms with van der Waals surface area (Å²) in [6.45, 7) is 13.5. The number of carbonyl (C=O) groups is 5. The van der Waals surface area contributed by atoms with Gasteiger partial charge in [-0.2, -0.15) is 0 Å². The summed E-state index contributed by atoms with van der Waals surface area (Å²) in [6, 6.07) is 25.2. The van der Waals surface area contributed by atoms with Crippen LogP contribution in [0.15, 0.2) is 109 Å². The number of benzene rings is 3. The van der Waals surface area contributed by atoms with Crippen LogP contribution in [0.25, 0.3) is 21.7 Å². The van der Waals surface area contributed by atoms with Gasteiger partial charge in [-0.05, 0) is 96.8 Å². The Bertz CT molecular complexity index is 2990.